The van der Waals surface area contributed by atoms with Crippen molar-refractivity contribution in [3.8, 4) is 0 Å². The van der Waals surface area contributed by atoms with Gasteiger partial charge in [-0.3, -0.25) is 9.78 Å². The first-order valence-corrected chi connectivity index (χ1v) is 9.43. The van der Waals surface area contributed by atoms with Crippen molar-refractivity contribution in [1.82, 2.24) is 14.7 Å². The molecule has 136 valence electrons. The van der Waals surface area contributed by atoms with Gasteiger partial charge in [-0.25, -0.2) is 13.8 Å². The fourth-order valence-corrected chi connectivity index (χ4v) is 3.87. The maximum Gasteiger partial charge on any atom is 0.271 e. The maximum absolute atomic E-state index is 12.7. The Kier molecular flexibility index (Phi) is 5.71. The maximum atomic E-state index is 12.7. The Hall–Kier alpha value is -2.62. The molecular formula is C17H18N4O4S. The number of rotatable bonds is 5. The summed E-state index contributed by atoms with van der Waals surface area (Å²) >= 11 is 0. The van der Waals surface area contributed by atoms with E-state index in [0.29, 0.717) is 26.3 Å². The number of nitrogens with zero attached hydrogens (tertiary/aromatic N) is 3. The minimum atomic E-state index is -3.65. The highest BCUT2D eigenvalue weighted by Crippen LogP contribution is 2.18. The highest BCUT2D eigenvalue weighted by atomic mass is 32.2. The van der Waals surface area contributed by atoms with E-state index in [1.54, 1.807) is 24.5 Å². The van der Waals surface area contributed by atoms with Gasteiger partial charge in [0.15, 0.2) is 0 Å². The molecule has 1 fully saturated rings. The second-order valence-electron chi connectivity index (χ2n) is 5.53. The summed E-state index contributed by atoms with van der Waals surface area (Å²) < 4.78 is 31.9. The molecule has 0 unspecified atom stereocenters. The normalized spacial score (nSPS) is 15.8. The second-order valence-corrected chi connectivity index (χ2v) is 7.47. The van der Waals surface area contributed by atoms with Crippen LogP contribution in [-0.2, 0) is 14.8 Å². The van der Waals surface area contributed by atoms with Crippen LogP contribution >= 0.6 is 0 Å². The minimum absolute atomic E-state index is 0.0725. The molecule has 1 aliphatic heterocycles. The molecule has 3 rings (SSSR count). The molecule has 26 heavy (non-hydrogen) atoms. The van der Waals surface area contributed by atoms with Gasteiger partial charge in [0, 0.05) is 36.6 Å². The molecule has 0 spiro atoms. The molecule has 1 saturated heterocycles. The van der Waals surface area contributed by atoms with Crippen molar-refractivity contribution in [1.29, 1.82) is 0 Å². The zero-order valence-corrected chi connectivity index (χ0v) is 14.7. The summed E-state index contributed by atoms with van der Waals surface area (Å²) in [5, 5.41) is 3.86. The molecule has 0 aliphatic carbocycles. The highest BCUT2D eigenvalue weighted by molar-refractivity contribution is 7.89. The van der Waals surface area contributed by atoms with Crippen molar-refractivity contribution in [2.75, 3.05) is 26.3 Å². The van der Waals surface area contributed by atoms with Crippen LogP contribution in [-0.4, -0.2) is 56.1 Å². The molecule has 2 aromatic rings. The van der Waals surface area contributed by atoms with E-state index >= 15 is 0 Å². The summed E-state index contributed by atoms with van der Waals surface area (Å²) in [7, 11) is -3.65. The van der Waals surface area contributed by atoms with E-state index in [2.05, 4.69) is 15.5 Å². The Balaban J connectivity index is 1.72. The van der Waals surface area contributed by atoms with E-state index in [-0.39, 0.29) is 10.5 Å². The summed E-state index contributed by atoms with van der Waals surface area (Å²) in [5.41, 5.74) is 3.32. The number of aromatic nitrogens is 1. The van der Waals surface area contributed by atoms with Gasteiger partial charge in [-0.15, -0.1) is 0 Å². The average molecular weight is 374 g/mol. The van der Waals surface area contributed by atoms with Crippen molar-refractivity contribution in [2.45, 2.75) is 4.90 Å². The molecule has 0 radical (unpaired) electrons. The summed E-state index contributed by atoms with van der Waals surface area (Å²) in [6.07, 6.45) is 4.70. The van der Waals surface area contributed by atoms with Crippen LogP contribution in [0, 0.1) is 0 Å². The van der Waals surface area contributed by atoms with Gasteiger partial charge in [0.25, 0.3) is 5.91 Å². The molecule has 1 aromatic carbocycles. The van der Waals surface area contributed by atoms with E-state index in [4.69, 9.17) is 4.74 Å². The van der Waals surface area contributed by atoms with Crippen LogP contribution in [0.3, 0.4) is 0 Å². The topological polar surface area (TPSA) is 101 Å². The number of ether oxygens (including phenoxy) is 1. The van der Waals surface area contributed by atoms with E-state index < -0.39 is 15.9 Å². The first kappa shape index (κ1) is 18.2. The van der Waals surface area contributed by atoms with Crippen LogP contribution < -0.4 is 5.43 Å². The molecule has 0 atom stereocenters. The van der Waals surface area contributed by atoms with E-state index in [1.165, 1.54) is 34.8 Å². The Morgan fingerprint density at radius 1 is 1.23 bits per heavy atom. The predicted molar refractivity (Wildman–Crippen MR) is 95.3 cm³/mol. The minimum Gasteiger partial charge on any atom is -0.379 e. The van der Waals surface area contributed by atoms with Gasteiger partial charge in [0.05, 0.1) is 24.3 Å². The number of benzene rings is 1. The number of carbonyl (C=O) groups is 1. The number of sulfonamides is 1. The molecule has 0 bridgehead atoms. The molecule has 8 nitrogen and oxygen atoms in total. The quantitative estimate of drug-likeness (QED) is 0.618. The van der Waals surface area contributed by atoms with E-state index in [9.17, 15) is 13.2 Å². The van der Waals surface area contributed by atoms with Crippen LogP contribution in [0.4, 0.5) is 0 Å². The van der Waals surface area contributed by atoms with E-state index in [0.717, 1.165) is 5.56 Å². The molecule has 9 heteroatoms. The number of morpholine rings is 1. The van der Waals surface area contributed by atoms with Crippen molar-refractivity contribution >= 4 is 22.1 Å². The number of hydrazone groups is 1. The highest BCUT2D eigenvalue weighted by Gasteiger charge is 2.26. The van der Waals surface area contributed by atoms with Gasteiger partial charge in [-0.05, 0) is 24.3 Å². The Bertz CT molecular complexity index is 894. The van der Waals surface area contributed by atoms with Gasteiger partial charge in [0.1, 0.15) is 0 Å². The summed E-state index contributed by atoms with van der Waals surface area (Å²) in [6.45, 7) is 1.33. The van der Waals surface area contributed by atoms with Crippen LogP contribution in [0.2, 0.25) is 0 Å². The predicted octanol–water partition coefficient (Wildman–Crippen LogP) is 0.866. The number of amides is 1. The van der Waals surface area contributed by atoms with Crippen molar-refractivity contribution in [3.63, 3.8) is 0 Å². The largest absolute Gasteiger partial charge is 0.379 e. The average Bonchev–Trinajstić information content (AvgIpc) is 2.69. The molecule has 1 amide bonds. The third-order valence-corrected chi connectivity index (χ3v) is 5.66. The van der Waals surface area contributed by atoms with Crippen molar-refractivity contribution < 1.29 is 17.9 Å². The van der Waals surface area contributed by atoms with Gasteiger partial charge in [-0.2, -0.15) is 9.41 Å². The Labute approximate surface area is 151 Å². The lowest BCUT2D eigenvalue weighted by Gasteiger charge is -2.26. The number of hydrogen-bond acceptors (Lipinski definition) is 6. The van der Waals surface area contributed by atoms with Crippen LogP contribution in [0.5, 0.6) is 0 Å². The summed E-state index contributed by atoms with van der Waals surface area (Å²) in [4.78, 5) is 16.2. The first-order chi connectivity index (χ1) is 12.6. The first-order valence-electron chi connectivity index (χ1n) is 7.99. The molecule has 0 saturated carbocycles. The lowest BCUT2D eigenvalue weighted by molar-refractivity contribution is 0.0730. The van der Waals surface area contributed by atoms with Crippen LogP contribution in [0.25, 0.3) is 0 Å². The molecule has 1 aromatic heterocycles. The molecule has 1 aliphatic rings. The molecule has 1 N–H and O–H groups in total. The fraction of sp³-hybridized carbons (Fsp3) is 0.235. The summed E-state index contributed by atoms with van der Waals surface area (Å²) in [5.74, 6) is -0.496. The second kappa shape index (κ2) is 8.17. The number of pyridine rings is 1. The molecular weight excluding hydrogens is 356 g/mol. The Morgan fingerprint density at radius 3 is 2.77 bits per heavy atom. The third-order valence-electron chi connectivity index (χ3n) is 3.77. The molecule has 2 heterocycles. The van der Waals surface area contributed by atoms with Gasteiger partial charge < -0.3 is 4.74 Å². The lowest BCUT2D eigenvalue weighted by Crippen LogP contribution is -2.40. The fourth-order valence-electron chi connectivity index (χ4n) is 2.42. The zero-order valence-electron chi connectivity index (χ0n) is 13.9. The zero-order chi connectivity index (χ0) is 18.4. The van der Waals surface area contributed by atoms with E-state index in [1.807, 2.05) is 0 Å². The standard InChI is InChI=1S/C17H18N4O4S/c22-17(20-19-13-14-3-2-6-18-12-14)15-4-1-5-16(11-15)26(23,24)21-7-9-25-10-8-21/h1-6,11-13H,7-10H2,(H,20,22). The summed E-state index contributed by atoms with van der Waals surface area (Å²) in [6, 6.07) is 9.43. The number of carbonyl (C=O) groups excluding carboxylic acids is 1. The van der Waals surface area contributed by atoms with Gasteiger partial charge in [0.2, 0.25) is 10.0 Å². The van der Waals surface area contributed by atoms with Crippen LogP contribution in [0.15, 0.2) is 58.8 Å². The SMILES string of the molecule is O=C(NN=Cc1cccnc1)c1cccc(S(=O)(=O)N2CCOCC2)c1. The monoisotopic (exact) mass is 374 g/mol. The van der Waals surface area contributed by atoms with Crippen LogP contribution in [0.1, 0.15) is 15.9 Å². The number of nitrogens with one attached hydrogen (secondary N) is 1. The third kappa shape index (κ3) is 4.31. The lowest BCUT2D eigenvalue weighted by atomic mass is 10.2. The van der Waals surface area contributed by atoms with Gasteiger partial charge >= 0.3 is 0 Å². The smallest absolute Gasteiger partial charge is 0.271 e. The Morgan fingerprint density at radius 2 is 2.04 bits per heavy atom. The number of hydrogen-bond donors (Lipinski definition) is 1. The van der Waals surface area contributed by atoms with Crippen molar-refractivity contribution in [3.05, 3.63) is 59.9 Å². The van der Waals surface area contributed by atoms with Gasteiger partial charge in [-0.1, -0.05) is 12.1 Å². The van der Waals surface area contributed by atoms with Crippen molar-refractivity contribution in [2.24, 2.45) is 5.10 Å².